The van der Waals surface area contributed by atoms with Gasteiger partial charge in [-0.25, -0.2) is 0 Å². The molecular weight excluding hydrogens is 270 g/mol. The number of hydrogen-bond acceptors (Lipinski definition) is 5. The maximum absolute atomic E-state index is 5.44. The molecule has 2 unspecified atom stereocenters. The monoisotopic (exact) mass is 289 g/mol. The zero-order chi connectivity index (χ0) is 13.8. The summed E-state index contributed by atoms with van der Waals surface area (Å²) in [6.07, 6.45) is 2.16. The Morgan fingerprint density at radius 3 is 3.00 bits per heavy atom. The van der Waals surface area contributed by atoms with Gasteiger partial charge in [0.15, 0.2) is 5.82 Å². The van der Waals surface area contributed by atoms with Gasteiger partial charge >= 0.3 is 0 Å². The van der Waals surface area contributed by atoms with Crippen molar-refractivity contribution in [3.05, 3.63) is 42.0 Å². The average molecular weight is 289 g/mol. The van der Waals surface area contributed by atoms with Gasteiger partial charge in [-0.3, -0.25) is 0 Å². The number of piperidine rings is 1. The van der Waals surface area contributed by atoms with Crippen molar-refractivity contribution in [1.82, 2.24) is 15.5 Å². The van der Waals surface area contributed by atoms with E-state index in [1.54, 1.807) is 11.8 Å². The molecule has 1 fully saturated rings. The molecular formula is C15H19N3OS. The Morgan fingerprint density at radius 2 is 2.20 bits per heavy atom. The maximum atomic E-state index is 5.44. The van der Waals surface area contributed by atoms with Crippen LogP contribution in [0, 0.1) is 0 Å². The Bertz CT molecular complexity index is 543. The van der Waals surface area contributed by atoms with Crippen LogP contribution in [-0.2, 0) is 5.75 Å². The molecule has 1 saturated heterocycles. The highest BCUT2D eigenvalue weighted by atomic mass is 32.2. The summed E-state index contributed by atoms with van der Waals surface area (Å²) in [4.78, 5) is 5.79. The second-order valence-electron chi connectivity index (χ2n) is 5.23. The molecule has 5 heteroatoms. The lowest BCUT2D eigenvalue weighted by Crippen LogP contribution is -2.34. The third-order valence-corrected chi connectivity index (χ3v) is 4.58. The molecule has 1 aromatic carbocycles. The van der Waals surface area contributed by atoms with E-state index in [0.717, 1.165) is 36.9 Å². The van der Waals surface area contributed by atoms with Crippen molar-refractivity contribution in [2.75, 3.05) is 6.54 Å². The molecule has 0 spiro atoms. The number of aromatic nitrogens is 2. The third-order valence-electron chi connectivity index (χ3n) is 3.57. The highest BCUT2D eigenvalue weighted by Crippen LogP contribution is 2.27. The van der Waals surface area contributed by atoms with E-state index >= 15 is 0 Å². The SMILES string of the molecule is CC1CC(c2nc(CSc3ccccc3)no2)CCN1. The van der Waals surface area contributed by atoms with E-state index in [9.17, 15) is 0 Å². The van der Waals surface area contributed by atoms with Crippen molar-refractivity contribution in [3.8, 4) is 0 Å². The molecule has 4 nitrogen and oxygen atoms in total. The van der Waals surface area contributed by atoms with Crippen LogP contribution in [0.1, 0.15) is 37.4 Å². The van der Waals surface area contributed by atoms with Gasteiger partial charge in [0, 0.05) is 16.9 Å². The van der Waals surface area contributed by atoms with Crippen LogP contribution in [0.3, 0.4) is 0 Å². The summed E-state index contributed by atoms with van der Waals surface area (Å²) < 4.78 is 5.44. The molecule has 1 aromatic heterocycles. The lowest BCUT2D eigenvalue weighted by atomic mass is 9.93. The van der Waals surface area contributed by atoms with Crippen LogP contribution in [0.2, 0.25) is 0 Å². The van der Waals surface area contributed by atoms with Crippen LogP contribution in [0.15, 0.2) is 39.8 Å². The molecule has 1 aliphatic rings. The molecule has 1 aliphatic heterocycles. The quantitative estimate of drug-likeness (QED) is 0.876. The van der Waals surface area contributed by atoms with Gasteiger partial charge in [0.1, 0.15) is 0 Å². The van der Waals surface area contributed by atoms with Crippen LogP contribution < -0.4 is 5.32 Å². The van der Waals surface area contributed by atoms with Crippen molar-refractivity contribution < 1.29 is 4.52 Å². The van der Waals surface area contributed by atoms with Crippen molar-refractivity contribution >= 4 is 11.8 Å². The summed E-state index contributed by atoms with van der Waals surface area (Å²) in [6, 6.07) is 10.8. The fraction of sp³-hybridized carbons (Fsp3) is 0.467. The van der Waals surface area contributed by atoms with Crippen molar-refractivity contribution in [1.29, 1.82) is 0 Å². The van der Waals surface area contributed by atoms with Crippen LogP contribution in [0.5, 0.6) is 0 Å². The molecule has 0 radical (unpaired) electrons. The van der Waals surface area contributed by atoms with Crippen molar-refractivity contribution in [2.24, 2.45) is 0 Å². The molecule has 20 heavy (non-hydrogen) atoms. The lowest BCUT2D eigenvalue weighted by molar-refractivity contribution is 0.294. The first kappa shape index (κ1) is 13.6. The summed E-state index contributed by atoms with van der Waals surface area (Å²) >= 11 is 1.74. The molecule has 0 saturated carbocycles. The standard InChI is InChI=1S/C15H19N3OS/c1-11-9-12(7-8-16-11)15-17-14(18-19-15)10-20-13-5-3-2-4-6-13/h2-6,11-12,16H,7-10H2,1H3. The van der Waals surface area contributed by atoms with Gasteiger partial charge in [-0.2, -0.15) is 4.98 Å². The Hall–Kier alpha value is -1.33. The topological polar surface area (TPSA) is 51.0 Å². The molecule has 0 bridgehead atoms. The number of hydrogen-bond donors (Lipinski definition) is 1. The van der Waals surface area contributed by atoms with E-state index in [0.29, 0.717) is 12.0 Å². The van der Waals surface area contributed by atoms with Crippen molar-refractivity contribution in [3.63, 3.8) is 0 Å². The smallest absolute Gasteiger partial charge is 0.229 e. The number of benzene rings is 1. The van der Waals surface area contributed by atoms with Crippen molar-refractivity contribution in [2.45, 2.75) is 42.4 Å². The second-order valence-corrected chi connectivity index (χ2v) is 6.28. The number of rotatable bonds is 4. The summed E-state index contributed by atoms with van der Waals surface area (Å²) in [5.74, 6) is 2.77. The first-order valence-electron chi connectivity index (χ1n) is 7.05. The molecule has 2 atom stereocenters. The van der Waals surface area contributed by atoms with E-state index in [-0.39, 0.29) is 0 Å². The summed E-state index contributed by atoms with van der Waals surface area (Å²) in [5, 5.41) is 7.55. The normalized spacial score (nSPS) is 22.9. The predicted molar refractivity (Wildman–Crippen MR) is 79.7 cm³/mol. The molecule has 3 rings (SSSR count). The second kappa shape index (κ2) is 6.41. The summed E-state index contributed by atoms with van der Waals surface area (Å²) in [6.45, 7) is 3.23. The minimum atomic E-state index is 0.411. The van der Waals surface area contributed by atoms with Crippen LogP contribution >= 0.6 is 11.8 Å². The fourth-order valence-corrected chi connectivity index (χ4v) is 3.28. The minimum absolute atomic E-state index is 0.411. The van der Waals surface area contributed by atoms with Gasteiger partial charge in [0.05, 0.1) is 5.75 Å². The Balaban J connectivity index is 1.59. The number of nitrogens with zero attached hydrogens (tertiary/aromatic N) is 2. The third kappa shape index (κ3) is 3.41. The highest BCUT2D eigenvalue weighted by Gasteiger charge is 2.24. The van der Waals surface area contributed by atoms with Gasteiger partial charge in [0.25, 0.3) is 0 Å². The van der Waals surface area contributed by atoms with Crippen LogP contribution in [0.25, 0.3) is 0 Å². The maximum Gasteiger partial charge on any atom is 0.229 e. The van der Waals surface area contributed by atoms with Crippen LogP contribution in [-0.4, -0.2) is 22.7 Å². The van der Waals surface area contributed by atoms with Crippen LogP contribution in [0.4, 0.5) is 0 Å². The minimum Gasteiger partial charge on any atom is -0.339 e. The zero-order valence-electron chi connectivity index (χ0n) is 11.6. The Labute approximate surface area is 123 Å². The predicted octanol–water partition coefficient (Wildman–Crippen LogP) is 3.22. The van der Waals surface area contributed by atoms with Gasteiger partial charge in [-0.05, 0) is 38.4 Å². The number of thioether (sulfide) groups is 1. The lowest BCUT2D eigenvalue weighted by Gasteiger charge is -2.25. The summed E-state index contributed by atoms with van der Waals surface area (Å²) in [7, 11) is 0. The first-order valence-corrected chi connectivity index (χ1v) is 8.03. The largest absolute Gasteiger partial charge is 0.339 e. The zero-order valence-corrected chi connectivity index (χ0v) is 12.4. The van der Waals surface area contributed by atoms with E-state index in [4.69, 9.17) is 4.52 Å². The van der Waals surface area contributed by atoms with Gasteiger partial charge in [-0.1, -0.05) is 23.4 Å². The molecule has 1 N–H and O–H groups in total. The van der Waals surface area contributed by atoms with E-state index < -0.39 is 0 Å². The van der Waals surface area contributed by atoms with Gasteiger partial charge in [-0.15, -0.1) is 11.8 Å². The van der Waals surface area contributed by atoms with E-state index in [2.05, 4.69) is 34.5 Å². The fourth-order valence-electron chi connectivity index (χ4n) is 2.51. The molecule has 2 heterocycles. The molecule has 0 aliphatic carbocycles. The molecule has 106 valence electrons. The highest BCUT2D eigenvalue weighted by molar-refractivity contribution is 7.98. The molecule has 0 amide bonds. The first-order chi connectivity index (χ1) is 9.81. The van der Waals surface area contributed by atoms with E-state index in [1.807, 2.05) is 18.2 Å². The Morgan fingerprint density at radius 1 is 1.35 bits per heavy atom. The van der Waals surface area contributed by atoms with E-state index in [1.165, 1.54) is 4.90 Å². The Kier molecular flexibility index (Phi) is 4.38. The van der Waals surface area contributed by atoms with Gasteiger partial charge in [0.2, 0.25) is 5.89 Å². The summed E-state index contributed by atoms with van der Waals surface area (Å²) in [5.41, 5.74) is 0. The number of nitrogens with one attached hydrogen (secondary N) is 1. The van der Waals surface area contributed by atoms with Gasteiger partial charge < -0.3 is 9.84 Å². The average Bonchev–Trinajstić information content (AvgIpc) is 2.95. The molecule has 2 aromatic rings.